The van der Waals surface area contributed by atoms with Crippen molar-refractivity contribution in [3.8, 4) is 0 Å². The van der Waals surface area contributed by atoms with Gasteiger partial charge in [-0.15, -0.1) is 0 Å². The largest absolute Gasteiger partial charge is 0.273 e. The molecule has 3 aromatic carbocycles. The number of rotatable bonds is 6. The van der Waals surface area contributed by atoms with E-state index in [9.17, 15) is 14.9 Å². The SMILES string of the molecule is Cc1ccc(C2(c3ccc(C)cc3)CC2C(=O)N/N=C/c2ccc([N+](=O)[O-])cc2)cc1. The van der Waals surface area contributed by atoms with E-state index in [0.29, 0.717) is 5.56 Å². The third-order valence-corrected chi connectivity index (χ3v) is 5.90. The Morgan fingerprint density at radius 2 is 1.48 bits per heavy atom. The minimum absolute atomic E-state index is 0.0140. The number of benzene rings is 3. The van der Waals surface area contributed by atoms with Crippen LogP contribution in [0.2, 0.25) is 0 Å². The van der Waals surface area contributed by atoms with Crippen molar-refractivity contribution < 1.29 is 9.72 Å². The van der Waals surface area contributed by atoms with E-state index in [1.807, 2.05) is 13.8 Å². The summed E-state index contributed by atoms with van der Waals surface area (Å²) in [6.45, 7) is 4.10. The molecule has 1 fully saturated rings. The number of carbonyl (C=O) groups is 1. The predicted molar refractivity (Wildman–Crippen MR) is 120 cm³/mol. The molecule has 0 bridgehead atoms. The normalized spacial score (nSPS) is 16.8. The average Bonchev–Trinajstić information content (AvgIpc) is 3.52. The van der Waals surface area contributed by atoms with Gasteiger partial charge in [-0.25, -0.2) is 5.43 Å². The lowest BCUT2D eigenvalue weighted by Crippen LogP contribution is -2.25. The van der Waals surface area contributed by atoms with Crippen LogP contribution in [0.4, 0.5) is 5.69 Å². The standard InChI is InChI=1S/C25H23N3O3/c1-17-3-9-20(10-4-17)25(21-11-5-18(2)6-12-21)15-23(25)24(29)27-26-16-19-7-13-22(14-8-19)28(30)31/h3-14,16,23H,15H2,1-2H3,(H,27,29)/b26-16+. The summed E-state index contributed by atoms with van der Waals surface area (Å²) in [6, 6.07) is 22.7. The number of hydrogen-bond donors (Lipinski definition) is 1. The van der Waals surface area contributed by atoms with E-state index >= 15 is 0 Å². The molecule has 3 aromatic rings. The first kappa shape index (κ1) is 20.5. The molecule has 0 spiro atoms. The number of nitrogens with zero attached hydrogens (tertiary/aromatic N) is 2. The van der Waals surface area contributed by atoms with Gasteiger partial charge in [0.2, 0.25) is 5.91 Å². The number of hydrazone groups is 1. The third-order valence-electron chi connectivity index (χ3n) is 5.90. The minimum atomic E-state index is -0.453. The fourth-order valence-corrected chi connectivity index (χ4v) is 4.02. The van der Waals surface area contributed by atoms with E-state index in [1.54, 1.807) is 12.1 Å². The molecule has 1 atom stereocenters. The zero-order chi connectivity index (χ0) is 22.0. The number of hydrogen-bond acceptors (Lipinski definition) is 4. The lowest BCUT2D eigenvalue weighted by Gasteiger charge is -2.19. The van der Waals surface area contributed by atoms with E-state index in [0.717, 1.165) is 17.5 Å². The van der Waals surface area contributed by atoms with Crippen LogP contribution in [0.1, 0.15) is 34.2 Å². The maximum absolute atomic E-state index is 12.9. The Morgan fingerprint density at radius 3 is 1.97 bits per heavy atom. The average molecular weight is 413 g/mol. The Bertz CT molecular complexity index is 1090. The molecule has 0 aromatic heterocycles. The molecule has 4 rings (SSSR count). The van der Waals surface area contributed by atoms with Crippen molar-refractivity contribution in [3.05, 3.63) is 111 Å². The summed E-state index contributed by atoms with van der Waals surface area (Å²) in [5, 5.41) is 14.8. The Morgan fingerprint density at radius 1 is 0.968 bits per heavy atom. The quantitative estimate of drug-likeness (QED) is 0.362. The van der Waals surface area contributed by atoms with E-state index in [1.165, 1.54) is 29.5 Å². The van der Waals surface area contributed by atoms with Gasteiger partial charge in [-0.1, -0.05) is 59.7 Å². The first-order chi connectivity index (χ1) is 14.9. The van der Waals surface area contributed by atoms with Gasteiger partial charge in [0.25, 0.3) is 5.69 Å². The van der Waals surface area contributed by atoms with E-state index in [4.69, 9.17) is 0 Å². The number of aryl methyl sites for hydroxylation is 2. The van der Waals surface area contributed by atoms with Gasteiger partial charge in [0, 0.05) is 17.5 Å². The van der Waals surface area contributed by atoms with Gasteiger partial charge in [0.05, 0.1) is 17.1 Å². The molecule has 1 aliphatic carbocycles. The van der Waals surface area contributed by atoms with E-state index in [-0.39, 0.29) is 22.9 Å². The van der Waals surface area contributed by atoms with Crippen LogP contribution < -0.4 is 5.43 Å². The highest BCUT2D eigenvalue weighted by molar-refractivity contribution is 5.87. The topological polar surface area (TPSA) is 84.6 Å². The lowest BCUT2D eigenvalue weighted by atomic mass is 9.85. The van der Waals surface area contributed by atoms with Crippen LogP contribution in [0, 0.1) is 29.9 Å². The molecule has 0 saturated heterocycles. The predicted octanol–water partition coefficient (Wildman–Crippen LogP) is 4.67. The summed E-state index contributed by atoms with van der Waals surface area (Å²) in [5.41, 5.74) is 7.59. The maximum Gasteiger partial charge on any atom is 0.269 e. The first-order valence-corrected chi connectivity index (χ1v) is 10.1. The van der Waals surface area contributed by atoms with E-state index < -0.39 is 4.92 Å². The highest BCUT2D eigenvalue weighted by Crippen LogP contribution is 2.59. The van der Waals surface area contributed by atoms with E-state index in [2.05, 4.69) is 59.1 Å². The van der Waals surface area contributed by atoms with Crippen LogP contribution in [0.15, 0.2) is 77.9 Å². The summed E-state index contributed by atoms with van der Waals surface area (Å²) < 4.78 is 0. The van der Waals surface area contributed by atoms with Crippen molar-refractivity contribution in [2.45, 2.75) is 25.7 Å². The van der Waals surface area contributed by atoms with Gasteiger partial charge in [-0.2, -0.15) is 5.10 Å². The molecule has 31 heavy (non-hydrogen) atoms. The Balaban J connectivity index is 1.52. The Kier molecular flexibility index (Phi) is 5.38. The molecule has 1 saturated carbocycles. The summed E-state index contributed by atoms with van der Waals surface area (Å²) >= 11 is 0. The van der Waals surface area contributed by atoms with Crippen molar-refractivity contribution in [1.29, 1.82) is 0 Å². The van der Waals surface area contributed by atoms with Gasteiger partial charge in [-0.05, 0) is 49.1 Å². The third kappa shape index (κ3) is 4.10. The van der Waals surface area contributed by atoms with Gasteiger partial charge >= 0.3 is 0 Å². The molecule has 1 amide bonds. The van der Waals surface area contributed by atoms with Crippen molar-refractivity contribution in [1.82, 2.24) is 5.43 Å². The highest BCUT2D eigenvalue weighted by Gasteiger charge is 2.60. The van der Waals surface area contributed by atoms with Gasteiger partial charge in [0.1, 0.15) is 0 Å². The summed E-state index contributed by atoms with van der Waals surface area (Å²) in [6.07, 6.45) is 2.21. The van der Waals surface area contributed by atoms with Crippen LogP contribution in [-0.4, -0.2) is 17.0 Å². The number of non-ortho nitro benzene ring substituents is 1. The minimum Gasteiger partial charge on any atom is -0.273 e. The molecule has 156 valence electrons. The first-order valence-electron chi connectivity index (χ1n) is 10.1. The Hall–Kier alpha value is -3.80. The molecule has 1 N–H and O–H groups in total. The van der Waals surface area contributed by atoms with Crippen LogP contribution in [-0.2, 0) is 10.2 Å². The smallest absolute Gasteiger partial charge is 0.269 e. The van der Waals surface area contributed by atoms with Crippen molar-refractivity contribution in [3.63, 3.8) is 0 Å². The van der Waals surface area contributed by atoms with Crippen LogP contribution in [0.3, 0.4) is 0 Å². The fourth-order valence-electron chi connectivity index (χ4n) is 4.02. The number of nitro benzene ring substituents is 1. The van der Waals surface area contributed by atoms with Crippen molar-refractivity contribution >= 4 is 17.8 Å². The molecular weight excluding hydrogens is 390 g/mol. The number of nitro groups is 1. The summed E-state index contributed by atoms with van der Waals surface area (Å²) in [7, 11) is 0. The van der Waals surface area contributed by atoms with Crippen LogP contribution >= 0.6 is 0 Å². The molecule has 6 heteroatoms. The second kappa shape index (κ2) is 8.14. The zero-order valence-corrected chi connectivity index (χ0v) is 17.4. The number of amides is 1. The monoisotopic (exact) mass is 413 g/mol. The number of carbonyl (C=O) groups excluding carboxylic acids is 1. The summed E-state index contributed by atoms with van der Waals surface area (Å²) in [4.78, 5) is 23.2. The van der Waals surface area contributed by atoms with Gasteiger partial charge < -0.3 is 0 Å². The molecule has 1 unspecified atom stereocenters. The molecule has 6 nitrogen and oxygen atoms in total. The molecule has 1 aliphatic rings. The van der Waals surface area contributed by atoms with Crippen LogP contribution in [0.25, 0.3) is 0 Å². The molecule has 0 radical (unpaired) electrons. The fraction of sp³-hybridized carbons (Fsp3) is 0.200. The van der Waals surface area contributed by atoms with Gasteiger partial charge in [0.15, 0.2) is 0 Å². The highest BCUT2D eigenvalue weighted by atomic mass is 16.6. The maximum atomic E-state index is 12.9. The van der Waals surface area contributed by atoms with Gasteiger partial charge in [-0.3, -0.25) is 14.9 Å². The van der Waals surface area contributed by atoms with Crippen LogP contribution in [0.5, 0.6) is 0 Å². The number of nitrogens with one attached hydrogen (secondary N) is 1. The zero-order valence-electron chi connectivity index (χ0n) is 17.4. The lowest BCUT2D eigenvalue weighted by molar-refractivity contribution is -0.384. The second-order valence-corrected chi connectivity index (χ2v) is 8.04. The second-order valence-electron chi connectivity index (χ2n) is 8.04. The molecule has 0 aliphatic heterocycles. The Labute approximate surface area is 180 Å². The van der Waals surface area contributed by atoms with Crippen molar-refractivity contribution in [2.24, 2.45) is 11.0 Å². The van der Waals surface area contributed by atoms with Crippen molar-refractivity contribution in [2.75, 3.05) is 0 Å². The molecule has 0 heterocycles. The summed E-state index contributed by atoms with van der Waals surface area (Å²) in [5.74, 6) is -0.355. The molecular formula is C25H23N3O3.